The Balaban J connectivity index is 2.30. The molecule has 1 aliphatic rings. The number of amides is 2. The van der Waals surface area contributed by atoms with Gasteiger partial charge in [0.25, 0.3) is 11.1 Å². The van der Waals surface area contributed by atoms with Crippen molar-refractivity contribution in [2.24, 2.45) is 0 Å². The molecule has 2 heterocycles. The summed E-state index contributed by atoms with van der Waals surface area (Å²) in [6, 6.07) is 3.61. The molecule has 1 fully saturated rings. The van der Waals surface area contributed by atoms with Crippen LogP contribution in [-0.2, 0) is 4.79 Å². The molecule has 0 atom stereocenters. The van der Waals surface area contributed by atoms with Gasteiger partial charge in [-0.2, -0.15) is 0 Å². The predicted molar refractivity (Wildman–Crippen MR) is 58.0 cm³/mol. The molecular weight excluding hydrogens is 212 g/mol. The number of nitrogens with zero attached hydrogens (tertiary/aromatic N) is 2. The van der Waals surface area contributed by atoms with Crippen LogP contribution in [0.15, 0.2) is 29.4 Å². The molecule has 0 bridgehead atoms. The second-order valence-electron chi connectivity index (χ2n) is 3.03. The van der Waals surface area contributed by atoms with Gasteiger partial charge >= 0.3 is 0 Å². The van der Waals surface area contributed by atoms with Crippen LogP contribution in [0, 0.1) is 0 Å². The number of rotatable bonds is 1. The summed E-state index contributed by atoms with van der Waals surface area (Å²) in [5.41, 5.74) is 0.816. The van der Waals surface area contributed by atoms with Gasteiger partial charge in [0, 0.05) is 19.4 Å². The standard InChI is InChI=1S/C10H8N2O2S/c1-12-9(13)8(15-10(12)14)5-7-3-2-4-11-6-7/h2-6H,1H3/b8-5-. The van der Waals surface area contributed by atoms with E-state index in [0.29, 0.717) is 4.91 Å². The highest BCUT2D eigenvalue weighted by molar-refractivity contribution is 8.18. The van der Waals surface area contributed by atoms with E-state index in [-0.39, 0.29) is 11.1 Å². The average molecular weight is 220 g/mol. The molecule has 1 aromatic rings. The first-order valence-electron chi connectivity index (χ1n) is 4.30. The summed E-state index contributed by atoms with van der Waals surface area (Å²) in [6.45, 7) is 0. The Morgan fingerprint density at radius 1 is 1.47 bits per heavy atom. The SMILES string of the molecule is CN1C(=O)S/C(=C\c2cccnc2)C1=O. The fourth-order valence-electron chi connectivity index (χ4n) is 1.16. The molecule has 5 heteroatoms. The lowest BCUT2D eigenvalue weighted by Crippen LogP contribution is -2.22. The van der Waals surface area contributed by atoms with Crippen molar-refractivity contribution in [2.45, 2.75) is 0 Å². The molecule has 0 aliphatic carbocycles. The van der Waals surface area contributed by atoms with E-state index in [1.165, 1.54) is 7.05 Å². The van der Waals surface area contributed by atoms with Crippen LogP contribution >= 0.6 is 11.8 Å². The van der Waals surface area contributed by atoms with E-state index < -0.39 is 0 Å². The zero-order valence-corrected chi connectivity index (χ0v) is 8.82. The number of likely N-dealkylation sites (N-methyl/N-ethyl adjacent to an activating group) is 1. The summed E-state index contributed by atoms with van der Waals surface area (Å²) >= 11 is 0.947. The number of thioether (sulfide) groups is 1. The zero-order chi connectivity index (χ0) is 10.8. The molecule has 1 aliphatic heterocycles. The molecule has 2 rings (SSSR count). The third-order valence-electron chi connectivity index (χ3n) is 1.97. The van der Waals surface area contributed by atoms with Crippen LogP contribution in [0.3, 0.4) is 0 Å². The molecule has 4 nitrogen and oxygen atoms in total. The van der Waals surface area contributed by atoms with Gasteiger partial charge < -0.3 is 0 Å². The van der Waals surface area contributed by atoms with Crippen molar-refractivity contribution < 1.29 is 9.59 Å². The summed E-state index contributed by atoms with van der Waals surface area (Å²) in [5.74, 6) is -0.256. The molecule has 1 saturated heterocycles. The van der Waals surface area contributed by atoms with E-state index in [1.54, 1.807) is 24.5 Å². The molecule has 1 aromatic heterocycles. The summed E-state index contributed by atoms with van der Waals surface area (Å²) in [4.78, 5) is 28.2. The van der Waals surface area contributed by atoms with Crippen molar-refractivity contribution in [3.8, 4) is 0 Å². The van der Waals surface area contributed by atoms with Crippen molar-refractivity contribution in [1.29, 1.82) is 0 Å². The Labute approximate surface area is 91.0 Å². The van der Waals surface area contributed by atoms with E-state index in [1.807, 2.05) is 6.07 Å². The average Bonchev–Trinajstić information content (AvgIpc) is 2.48. The number of hydrogen-bond acceptors (Lipinski definition) is 4. The summed E-state index contributed by atoms with van der Waals surface area (Å²) in [5, 5.41) is -0.241. The highest BCUT2D eigenvalue weighted by Gasteiger charge is 2.31. The summed E-state index contributed by atoms with van der Waals surface area (Å²) in [6.07, 6.45) is 4.97. The normalized spacial score (nSPS) is 19.0. The van der Waals surface area contributed by atoms with Crippen LogP contribution in [0.1, 0.15) is 5.56 Å². The van der Waals surface area contributed by atoms with Crippen LogP contribution in [0.4, 0.5) is 4.79 Å². The smallest absolute Gasteiger partial charge is 0.272 e. The zero-order valence-electron chi connectivity index (χ0n) is 8.01. The number of aromatic nitrogens is 1. The van der Waals surface area contributed by atoms with Crippen LogP contribution < -0.4 is 0 Å². The van der Waals surface area contributed by atoms with Crippen molar-refractivity contribution >= 4 is 29.0 Å². The van der Waals surface area contributed by atoms with Crippen LogP contribution in [-0.4, -0.2) is 28.1 Å². The van der Waals surface area contributed by atoms with Crippen molar-refractivity contribution in [2.75, 3.05) is 7.05 Å². The number of carbonyl (C=O) groups is 2. The number of carbonyl (C=O) groups excluding carboxylic acids is 2. The fraction of sp³-hybridized carbons (Fsp3) is 0.100. The molecule has 0 unspecified atom stereocenters. The summed E-state index contributed by atoms with van der Waals surface area (Å²) in [7, 11) is 1.47. The lowest BCUT2D eigenvalue weighted by molar-refractivity contribution is -0.121. The monoisotopic (exact) mass is 220 g/mol. The van der Waals surface area contributed by atoms with Gasteiger partial charge in [0.05, 0.1) is 4.91 Å². The van der Waals surface area contributed by atoms with Gasteiger partial charge in [-0.1, -0.05) is 6.07 Å². The molecule has 2 amide bonds. The number of pyridine rings is 1. The van der Waals surface area contributed by atoms with E-state index in [9.17, 15) is 9.59 Å². The third-order valence-corrected chi connectivity index (χ3v) is 2.93. The van der Waals surface area contributed by atoms with Gasteiger partial charge in [0.1, 0.15) is 0 Å². The van der Waals surface area contributed by atoms with E-state index >= 15 is 0 Å². The van der Waals surface area contributed by atoms with Crippen LogP contribution in [0.2, 0.25) is 0 Å². The van der Waals surface area contributed by atoms with Gasteiger partial charge in [0.15, 0.2) is 0 Å². The maximum atomic E-state index is 11.5. The van der Waals surface area contributed by atoms with Gasteiger partial charge in [-0.3, -0.25) is 19.5 Å². The maximum Gasteiger partial charge on any atom is 0.293 e. The highest BCUT2D eigenvalue weighted by Crippen LogP contribution is 2.30. The number of hydrogen-bond donors (Lipinski definition) is 0. The third kappa shape index (κ3) is 1.92. The topological polar surface area (TPSA) is 50.3 Å². The van der Waals surface area contributed by atoms with E-state index in [2.05, 4.69) is 4.98 Å². The fourth-order valence-corrected chi connectivity index (χ4v) is 1.99. The van der Waals surface area contributed by atoms with Crippen molar-refractivity contribution in [3.63, 3.8) is 0 Å². The van der Waals surface area contributed by atoms with Gasteiger partial charge in [-0.25, -0.2) is 0 Å². The minimum atomic E-state index is -0.256. The van der Waals surface area contributed by atoms with Gasteiger partial charge in [0.2, 0.25) is 0 Å². The van der Waals surface area contributed by atoms with Gasteiger partial charge in [-0.15, -0.1) is 0 Å². The Hall–Kier alpha value is -1.62. The molecule has 0 aromatic carbocycles. The Kier molecular flexibility index (Phi) is 2.55. The van der Waals surface area contributed by atoms with Gasteiger partial charge in [-0.05, 0) is 29.5 Å². The highest BCUT2D eigenvalue weighted by atomic mass is 32.2. The minimum Gasteiger partial charge on any atom is -0.272 e. The minimum absolute atomic E-state index is 0.241. The lowest BCUT2D eigenvalue weighted by atomic mass is 10.2. The quantitative estimate of drug-likeness (QED) is 0.676. The molecule has 0 N–H and O–H groups in total. The molecule has 0 saturated carbocycles. The second kappa shape index (κ2) is 3.86. The van der Waals surface area contributed by atoms with E-state index in [0.717, 1.165) is 22.2 Å². The number of imide groups is 1. The first-order valence-corrected chi connectivity index (χ1v) is 5.12. The molecule has 0 radical (unpaired) electrons. The molecule has 76 valence electrons. The van der Waals surface area contributed by atoms with Crippen LogP contribution in [0.5, 0.6) is 0 Å². The molecular formula is C10H8N2O2S. The molecule has 15 heavy (non-hydrogen) atoms. The Morgan fingerprint density at radius 2 is 2.27 bits per heavy atom. The predicted octanol–water partition coefficient (Wildman–Crippen LogP) is 1.75. The second-order valence-corrected chi connectivity index (χ2v) is 4.02. The van der Waals surface area contributed by atoms with E-state index in [4.69, 9.17) is 0 Å². The van der Waals surface area contributed by atoms with Crippen molar-refractivity contribution in [3.05, 3.63) is 35.0 Å². The first kappa shape index (κ1) is 9.92. The Bertz CT molecular complexity index is 442. The first-order chi connectivity index (χ1) is 7.18. The van der Waals surface area contributed by atoms with Crippen molar-refractivity contribution in [1.82, 2.24) is 9.88 Å². The Morgan fingerprint density at radius 3 is 2.80 bits per heavy atom. The lowest BCUT2D eigenvalue weighted by Gasteiger charge is -2.00. The summed E-state index contributed by atoms with van der Waals surface area (Å²) < 4.78 is 0. The maximum absolute atomic E-state index is 11.5. The largest absolute Gasteiger partial charge is 0.293 e. The molecule has 0 spiro atoms. The van der Waals surface area contributed by atoms with Crippen LogP contribution in [0.25, 0.3) is 6.08 Å².